The minimum absolute atomic E-state index is 0.00291. The van der Waals surface area contributed by atoms with E-state index < -0.39 is 0 Å². The Kier molecular flexibility index (Phi) is 4.67. The number of para-hydroxylation sites is 1. The summed E-state index contributed by atoms with van der Waals surface area (Å²) in [5.41, 5.74) is 1.48. The largest absolute Gasteiger partial charge is 0.343 e. The number of benzene rings is 2. The molecular formula is C18H18N2O2S. The van der Waals surface area contributed by atoms with E-state index in [9.17, 15) is 9.59 Å². The molecule has 1 heterocycles. The minimum Gasteiger partial charge on any atom is -0.343 e. The topological polar surface area (TPSA) is 49.4 Å². The van der Waals surface area contributed by atoms with Crippen molar-refractivity contribution in [3.8, 4) is 0 Å². The van der Waals surface area contributed by atoms with E-state index in [-0.39, 0.29) is 24.4 Å². The summed E-state index contributed by atoms with van der Waals surface area (Å²) in [5, 5.41) is 2.71. The van der Waals surface area contributed by atoms with Gasteiger partial charge in [0.25, 0.3) is 5.91 Å². The normalized spacial score (nSPS) is 16.6. The number of anilines is 1. The number of carbonyl (C=O) groups excluding carboxylic acids is 2. The van der Waals surface area contributed by atoms with Gasteiger partial charge in [-0.05, 0) is 31.2 Å². The van der Waals surface area contributed by atoms with Gasteiger partial charge in [-0.25, -0.2) is 0 Å². The zero-order chi connectivity index (χ0) is 16.2. The Morgan fingerprint density at radius 3 is 2.61 bits per heavy atom. The second kappa shape index (κ2) is 6.87. The summed E-state index contributed by atoms with van der Waals surface area (Å²) in [6.45, 7) is 2.02. The third-order valence-corrected chi connectivity index (χ3v) is 5.06. The molecule has 1 aliphatic rings. The molecule has 1 atom stereocenters. The number of rotatable bonds is 3. The van der Waals surface area contributed by atoms with Gasteiger partial charge in [-0.3, -0.25) is 9.59 Å². The van der Waals surface area contributed by atoms with E-state index in [1.165, 1.54) is 0 Å². The minimum atomic E-state index is -0.230. The smallest absolute Gasteiger partial charge is 0.251 e. The summed E-state index contributed by atoms with van der Waals surface area (Å²) in [4.78, 5) is 27.6. The average molecular weight is 326 g/mol. The van der Waals surface area contributed by atoms with Crippen LogP contribution in [0, 0.1) is 0 Å². The Labute approximate surface area is 139 Å². The number of hydrogen-bond acceptors (Lipinski definition) is 3. The van der Waals surface area contributed by atoms with E-state index in [4.69, 9.17) is 0 Å². The van der Waals surface area contributed by atoms with Gasteiger partial charge in [-0.1, -0.05) is 30.3 Å². The summed E-state index contributed by atoms with van der Waals surface area (Å²) in [6.07, 6.45) is 0. The molecular weight excluding hydrogens is 308 g/mol. The molecule has 3 rings (SSSR count). The monoisotopic (exact) mass is 326 g/mol. The van der Waals surface area contributed by atoms with Crippen molar-refractivity contribution in [3.05, 3.63) is 60.2 Å². The number of hydrogen-bond donors (Lipinski definition) is 1. The van der Waals surface area contributed by atoms with E-state index in [0.29, 0.717) is 5.56 Å². The first-order valence-corrected chi connectivity index (χ1v) is 8.52. The number of nitrogens with one attached hydrogen (secondary N) is 1. The molecule has 2 amide bonds. The molecule has 0 saturated carbocycles. The van der Waals surface area contributed by atoms with Crippen LogP contribution in [0.5, 0.6) is 0 Å². The summed E-state index contributed by atoms with van der Waals surface area (Å²) < 4.78 is 0. The van der Waals surface area contributed by atoms with Crippen molar-refractivity contribution in [1.29, 1.82) is 0 Å². The van der Waals surface area contributed by atoms with Crippen LogP contribution >= 0.6 is 11.8 Å². The van der Waals surface area contributed by atoms with Gasteiger partial charge >= 0.3 is 0 Å². The highest BCUT2D eigenvalue weighted by molar-refractivity contribution is 7.99. The van der Waals surface area contributed by atoms with Gasteiger partial charge in [0.2, 0.25) is 5.91 Å². The van der Waals surface area contributed by atoms with Crippen LogP contribution in [-0.2, 0) is 4.79 Å². The first-order chi connectivity index (χ1) is 11.2. The number of thioether (sulfide) groups is 1. The van der Waals surface area contributed by atoms with Crippen LogP contribution in [0.3, 0.4) is 0 Å². The quantitative estimate of drug-likeness (QED) is 0.943. The second-order valence-electron chi connectivity index (χ2n) is 5.44. The molecule has 1 unspecified atom stereocenters. The van der Waals surface area contributed by atoms with Gasteiger partial charge in [0.15, 0.2) is 0 Å². The molecule has 0 fully saturated rings. The predicted octanol–water partition coefficient (Wildman–Crippen LogP) is 2.94. The van der Waals surface area contributed by atoms with E-state index in [1.54, 1.807) is 40.9 Å². The second-order valence-corrected chi connectivity index (χ2v) is 6.50. The van der Waals surface area contributed by atoms with E-state index in [1.807, 2.05) is 37.3 Å². The number of amides is 2. The predicted molar refractivity (Wildman–Crippen MR) is 92.9 cm³/mol. The van der Waals surface area contributed by atoms with Crippen LogP contribution in [0.2, 0.25) is 0 Å². The van der Waals surface area contributed by atoms with Crippen LogP contribution in [-0.4, -0.2) is 30.2 Å². The highest BCUT2D eigenvalue weighted by atomic mass is 32.2. The third kappa shape index (κ3) is 3.40. The van der Waals surface area contributed by atoms with Gasteiger partial charge in [0, 0.05) is 22.3 Å². The van der Waals surface area contributed by atoms with Gasteiger partial charge in [-0.15, -0.1) is 11.8 Å². The molecule has 1 N–H and O–H groups in total. The lowest BCUT2D eigenvalue weighted by atomic mass is 10.2. The molecule has 2 aromatic carbocycles. The molecule has 0 aromatic heterocycles. The fraction of sp³-hybridized carbons (Fsp3) is 0.222. The van der Waals surface area contributed by atoms with Gasteiger partial charge in [0.1, 0.15) is 0 Å². The van der Waals surface area contributed by atoms with Crippen molar-refractivity contribution in [2.24, 2.45) is 0 Å². The Morgan fingerprint density at radius 1 is 1.13 bits per heavy atom. The molecule has 4 nitrogen and oxygen atoms in total. The summed E-state index contributed by atoms with van der Waals surface area (Å²) in [7, 11) is 0. The van der Waals surface area contributed by atoms with Crippen LogP contribution in [0.1, 0.15) is 17.3 Å². The number of fused-ring (bicyclic) bond motifs is 1. The van der Waals surface area contributed by atoms with Crippen LogP contribution < -0.4 is 10.2 Å². The Bertz CT molecular complexity index is 718. The lowest BCUT2D eigenvalue weighted by Gasteiger charge is -2.34. The number of nitrogens with zero attached hydrogens (tertiary/aromatic N) is 1. The maximum absolute atomic E-state index is 12.6. The molecule has 0 spiro atoms. The average Bonchev–Trinajstić information content (AvgIpc) is 2.60. The fourth-order valence-corrected chi connectivity index (χ4v) is 3.67. The lowest BCUT2D eigenvalue weighted by molar-refractivity contribution is -0.118. The molecule has 0 bridgehead atoms. The van der Waals surface area contributed by atoms with Gasteiger partial charge < -0.3 is 10.2 Å². The molecule has 0 saturated heterocycles. The first kappa shape index (κ1) is 15.6. The SMILES string of the molecule is CC1CSc2ccccc2N1C(=O)CNC(=O)c1ccccc1. The zero-order valence-electron chi connectivity index (χ0n) is 12.9. The summed E-state index contributed by atoms with van der Waals surface area (Å²) >= 11 is 1.76. The summed E-state index contributed by atoms with van der Waals surface area (Å²) in [6, 6.07) is 16.9. The Hall–Kier alpha value is -2.27. The van der Waals surface area contributed by atoms with Crippen molar-refractivity contribution >= 4 is 29.3 Å². The summed E-state index contributed by atoms with van der Waals surface area (Å²) in [5.74, 6) is 0.538. The lowest BCUT2D eigenvalue weighted by Crippen LogP contribution is -2.47. The Morgan fingerprint density at radius 2 is 1.83 bits per heavy atom. The number of carbonyl (C=O) groups is 2. The van der Waals surface area contributed by atoms with Crippen LogP contribution in [0.15, 0.2) is 59.5 Å². The van der Waals surface area contributed by atoms with Crippen LogP contribution in [0.25, 0.3) is 0 Å². The highest BCUT2D eigenvalue weighted by Gasteiger charge is 2.28. The zero-order valence-corrected chi connectivity index (χ0v) is 13.7. The molecule has 2 aromatic rings. The molecule has 0 radical (unpaired) electrons. The maximum atomic E-state index is 12.6. The van der Waals surface area contributed by atoms with Crippen molar-refractivity contribution in [2.75, 3.05) is 17.2 Å². The third-order valence-electron chi connectivity index (χ3n) is 3.75. The molecule has 23 heavy (non-hydrogen) atoms. The van der Waals surface area contributed by atoms with Gasteiger partial charge in [0.05, 0.1) is 12.2 Å². The van der Waals surface area contributed by atoms with Crippen molar-refractivity contribution in [1.82, 2.24) is 5.32 Å². The van der Waals surface area contributed by atoms with E-state index >= 15 is 0 Å². The van der Waals surface area contributed by atoms with E-state index in [2.05, 4.69) is 5.32 Å². The van der Waals surface area contributed by atoms with E-state index in [0.717, 1.165) is 16.3 Å². The van der Waals surface area contributed by atoms with Crippen LogP contribution in [0.4, 0.5) is 5.69 Å². The van der Waals surface area contributed by atoms with Crippen molar-refractivity contribution in [3.63, 3.8) is 0 Å². The molecule has 118 valence electrons. The molecule has 5 heteroatoms. The highest BCUT2D eigenvalue weighted by Crippen LogP contribution is 2.37. The van der Waals surface area contributed by atoms with Gasteiger partial charge in [-0.2, -0.15) is 0 Å². The first-order valence-electron chi connectivity index (χ1n) is 7.54. The maximum Gasteiger partial charge on any atom is 0.251 e. The molecule has 1 aliphatic heterocycles. The Balaban J connectivity index is 1.70. The fourth-order valence-electron chi connectivity index (χ4n) is 2.61. The molecule has 0 aliphatic carbocycles. The standard InChI is InChI=1S/C18H18N2O2S/c1-13-12-23-16-10-6-5-9-15(16)20(13)17(21)11-19-18(22)14-7-3-2-4-8-14/h2-10,13H,11-12H2,1H3,(H,19,22). The van der Waals surface area contributed by atoms with Crippen molar-refractivity contribution < 1.29 is 9.59 Å². The van der Waals surface area contributed by atoms with Crippen molar-refractivity contribution in [2.45, 2.75) is 17.9 Å².